The fourth-order valence-electron chi connectivity index (χ4n) is 5.76. The van der Waals surface area contributed by atoms with Crippen molar-refractivity contribution in [2.75, 3.05) is 5.32 Å². The lowest BCUT2D eigenvalue weighted by atomic mass is 9.65. The standard InChI is InChI=1S/C37H34ClNO2/c1-3-4-14-27-21-24-34(40)35(26(27)2)36(41)39-33-23-22-31(25-32(33)38)37(28-15-8-5-9-16-28,29-17-10-6-11-18-29)30-19-12-7-13-20-30/h5-13,15-25,40H,3-4,14H2,1-2H3,(H,39,41). The lowest BCUT2D eigenvalue weighted by Crippen LogP contribution is -2.31. The van der Waals surface area contributed by atoms with Gasteiger partial charge in [0.15, 0.2) is 0 Å². The molecule has 1 amide bonds. The van der Waals surface area contributed by atoms with Gasteiger partial charge in [-0.05, 0) is 71.3 Å². The molecule has 41 heavy (non-hydrogen) atoms. The van der Waals surface area contributed by atoms with Crippen LogP contribution in [0.5, 0.6) is 5.75 Å². The molecule has 0 aliphatic rings. The molecule has 0 saturated carbocycles. The van der Waals surface area contributed by atoms with Crippen molar-refractivity contribution in [3.8, 4) is 5.75 Å². The van der Waals surface area contributed by atoms with Gasteiger partial charge in [-0.2, -0.15) is 0 Å². The molecule has 0 heterocycles. The zero-order chi connectivity index (χ0) is 28.8. The van der Waals surface area contributed by atoms with Gasteiger partial charge in [-0.15, -0.1) is 0 Å². The first-order chi connectivity index (χ1) is 20.0. The molecule has 2 N–H and O–H groups in total. The number of unbranched alkanes of at least 4 members (excludes halogenated alkanes) is 1. The van der Waals surface area contributed by atoms with Crippen molar-refractivity contribution < 1.29 is 9.90 Å². The number of carbonyl (C=O) groups is 1. The van der Waals surface area contributed by atoms with E-state index in [4.69, 9.17) is 11.6 Å². The summed E-state index contributed by atoms with van der Waals surface area (Å²) in [5.74, 6) is -0.419. The third kappa shape index (κ3) is 5.51. The summed E-state index contributed by atoms with van der Waals surface area (Å²) in [6.07, 6.45) is 2.94. The van der Waals surface area contributed by atoms with Crippen LogP contribution in [-0.2, 0) is 11.8 Å². The Bertz CT molecular complexity index is 1540. The molecule has 0 atom stereocenters. The van der Waals surface area contributed by atoms with E-state index in [0.29, 0.717) is 10.7 Å². The number of hydrogen-bond donors (Lipinski definition) is 2. The number of hydrogen-bond acceptors (Lipinski definition) is 2. The third-order valence-corrected chi connectivity index (χ3v) is 8.17. The summed E-state index contributed by atoms with van der Waals surface area (Å²) >= 11 is 6.93. The number of halogens is 1. The Morgan fingerprint density at radius 2 is 1.29 bits per heavy atom. The second-order valence-corrected chi connectivity index (χ2v) is 10.8. The molecule has 5 aromatic rings. The van der Waals surface area contributed by atoms with Crippen molar-refractivity contribution in [3.05, 3.63) is 165 Å². The highest BCUT2D eigenvalue weighted by molar-refractivity contribution is 6.34. The molecule has 0 radical (unpaired) electrons. The van der Waals surface area contributed by atoms with Crippen LogP contribution in [0.1, 0.15) is 63.5 Å². The number of nitrogens with one attached hydrogen (secondary N) is 1. The normalized spacial score (nSPS) is 11.3. The zero-order valence-corrected chi connectivity index (χ0v) is 24.2. The Hall–Kier alpha value is -4.34. The second kappa shape index (κ2) is 12.4. The number of aromatic hydroxyl groups is 1. The summed E-state index contributed by atoms with van der Waals surface area (Å²) in [6.45, 7) is 4.02. The van der Waals surface area contributed by atoms with Crippen LogP contribution in [0, 0.1) is 6.92 Å². The maximum absolute atomic E-state index is 13.5. The van der Waals surface area contributed by atoms with Crippen LogP contribution in [0.2, 0.25) is 5.02 Å². The molecule has 0 bridgehead atoms. The van der Waals surface area contributed by atoms with Crippen molar-refractivity contribution in [2.45, 2.75) is 38.5 Å². The van der Waals surface area contributed by atoms with Crippen molar-refractivity contribution in [3.63, 3.8) is 0 Å². The predicted octanol–water partition coefficient (Wildman–Crippen LogP) is 9.33. The topological polar surface area (TPSA) is 49.3 Å². The number of amides is 1. The van der Waals surface area contributed by atoms with Gasteiger partial charge in [-0.25, -0.2) is 0 Å². The zero-order valence-electron chi connectivity index (χ0n) is 23.4. The lowest BCUT2D eigenvalue weighted by molar-refractivity contribution is 0.102. The highest BCUT2D eigenvalue weighted by atomic mass is 35.5. The van der Waals surface area contributed by atoms with E-state index >= 15 is 0 Å². The van der Waals surface area contributed by atoms with Gasteiger partial charge in [0, 0.05) is 0 Å². The largest absolute Gasteiger partial charge is 0.507 e. The molecule has 0 aliphatic carbocycles. The van der Waals surface area contributed by atoms with Crippen LogP contribution in [0.3, 0.4) is 0 Å². The summed E-state index contributed by atoms with van der Waals surface area (Å²) in [5, 5.41) is 14.0. The molecule has 0 aromatic heterocycles. The summed E-state index contributed by atoms with van der Waals surface area (Å²) < 4.78 is 0. The van der Waals surface area contributed by atoms with E-state index in [1.807, 2.05) is 49.4 Å². The number of carbonyl (C=O) groups excluding carboxylic acids is 1. The van der Waals surface area contributed by atoms with Gasteiger partial charge in [-0.3, -0.25) is 4.79 Å². The fourth-order valence-corrected chi connectivity index (χ4v) is 5.99. The summed E-state index contributed by atoms with van der Waals surface area (Å²) in [4.78, 5) is 13.5. The third-order valence-electron chi connectivity index (χ3n) is 7.85. The predicted molar refractivity (Wildman–Crippen MR) is 169 cm³/mol. The van der Waals surface area contributed by atoms with Gasteiger partial charge in [0.05, 0.1) is 21.7 Å². The quantitative estimate of drug-likeness (QED) is 0.177. The molecule has 3 nitrogen and oxygen atoms in total. The highest BCUT2D eigenvalue weighted by Crippen LogP contribution is 2.46. The van der Waals surface area contributed by atoms with E-state index in [9.17, 15) is 9.90 Å². The molecule has 0 unspecified atom stereocenters. The number of rotatable bonds is 9. The Balaban J connectivity index is 1.60. The summed E-state index contributed by atoms with van der Waals surface area (Å²) in [5.41, 5.74) is 6.28. The fraction of sp³-hybridized carbons (Fsp3) is 0.162. The first-order valence-corrected chi connectivity index (χ1v) is 14.4. The van der Waals surface area contributed by atoms with E-state index in [-0.39, 0.29) is 17.2 Å². The van der Waals surface area contributed by atoms with Gasteiger partial charge in [-0.1, -0.05) is 128 Å². The molecular weight excluding hydrogens is 526 g/mol. The van der Waals surface area contributed by atoms with E-state index in [2.05, 4.69) is 85.0 Å². The molecule has 0 aliphatic heterocycles. The van der Waals surface area contributed by atoms with Gasteiger partial charge in [0.1, 0.15) is 5.75 Å². The molecule has 0 spiro atoms. The molecular formula is C37H34ClNO2. The molecule has 4 heteroatoms. The number of anilines is 1. The van der Waals surface area contributed by atoms with Gasteiger partial charge in [0.2, 0.25) is 0 Å². The number of benzene rings is 5. The van der Waals surface area contributed by atoms with E-state index in [1.165, 1.54) is 0 Å². The van der Waals surface area contributed by atoms with Crippen molar-refractivity contribution in [2.24, 2.45) is 0 Å². The molecule has 0 fully saturated rings. The smallest absolute Gasteiger partial charge is 0.259 e. The minimum Gasteiger partial charge on any atom is -0.507 e. The number of phenolic OH excluding ortho intramolecular Hbond substituents is 1. The average Bonchev–Trinajstić information content (AvgIpc) is 3.00. The highest BCUT2D eigenvalue weighted by Gasteiger charge is 2.38. The van der Waals surface area contributed by atoms with Crippen molar-refractivity contribution >= 4 is 23.2 Å². The Labute approximate surface area is 247 Å². The Kier molecular flexibility index (Phi) is 8.56. The summed E-state index contributed by atoms with van der Waals surface area (Å²) in [7, 11) is 0. The van der Waals surface area contributed by atoms with E-state index in [0.717, 1.165) is 52.6 Å². The first-order valence-electron chi connectivity index (χ1n) is 14.1. The monoisotopic (exact) mass is 559 g/mol. The lowest BCUT2D eigenvalue weighted by Gasteiger charge is -2.37. The number of aryl methyl sites for hydroxylation is 1. The van der Waals surface area contributed by atoms with Crippen molar-refractivity contribution in [1.82, 2.24) is 0 Å². The maximum Gasteiger partial charge on any atom is 0.259 e. The van der Waals surface area contributed by atoms with Crippen LogP contribution >= 0.6 is 11.6 Å². The number of phenols is 1. The average molecular weight is 560 g/mol. The molecule has 5 aromatic carbocycles. The SMILES string of the molecule is CCCCc1ccc(O)c(C(=O)Nc2ccc(C(c3ccccc3)(c3ccccc3)c3ccccc3)cc2Cl)c1C. The Morgan fingerprint density at radius 3 is 1.78 bits per heavy atom. The first kappa shape index (κ1) is 28.2. The summed E-state index contributed by atoms with van der Waals surface area (Å²) in [6, 6.07) is 40.5. The maximum atomic E-state index is 13.5. The van der Waals surface area contributed by atoms with Crippen LogP contribution in [-0.4, -0.2) is 11.0 Å². The van der Waals surface area contributed by atoms with Crippen LogP contribution < -0.4 is 5.32 Å². The minimum absolute atomic E-state index is 0.0377. The molecule has 5 rings (SSSR count). The van der Waals surface area contributed by atoms with Crippen LogP contribution in [0.25, 0.3) is 0 Å². The molecule has 0 saturated heterocycles. The van der Waals surface area contributed by atoms with Gasteiger partial charge < -0.3 is 10.4 Å². The van der Waals surface area contributed by atoms with Gasteiger partial charge >= 0.3 is 0 Å². The van der Waals surface area contributed by atoms with Crippen LogP contribution in [0.15, 0.2) is 121 Å². The van der Waals surface area contributed by atoms with Crippen molar-refractivity contribution in [1.29, 1.82) is 0 Å². The minimum atomic E-state index is -0.640. The second-order valence-electron chi connectivity index (χ2n) is 10.3. The van der Waals surface area contributed by atoms with E-state index < -0.39 is 5.41 Å². The van der Waals surface area contributed by atoms with Crippen LogP contribution in [0.4, 0.5) is 5.69 Å². The molecule has 206 valence electrons. The van der Waals surface area contributed by atoms with Gasteiger partial charge in [0.25, 0.3) is 5.91 Å². The Morgan fingerprint density at radius 1 is 0.756 bits per heavy atom. The van der Waals surface area contributed by atoms with E-state index in [1.54, 1.807) is 6.07 Å².